The second-order valence-corrected chi connectivity index (χ2v) is 13.1. The molecule has 0 aliphatic heterocycles. The Morgan fingerprint density at radius 1 is 0.921 bits per heavy atom. The number of hydrogen-bond acceptors (Lipinski definition) is 9. The number of nitrogens with zero attached hydrogens (tertiary/aromatic N) is 1. The lowest BCUT2D eigenvalue weighted by Crippen LogP contribution is -2.73. The Bertz CT molecular complexity index is 993. The third-order valence-electron chi connectivity index (χ3n) is 11.4. The van der Waals surface area contributed by atoms with Crippen molar-refractivity contribution < 1.29 is 40.2 Å². The Labute approximate surface area is 223 Å². The molecule has 10 nitrogen and oxygen atoms in total. The van der Waals surface area contributed by atoms with Crippen molar-refractivity contribution in [3.8, 4) is 0 Å². The van der Waals surface area contributed by atoms with Crippen molar-refractivity contribution in [2.24, 2.45) is 53.1 Å². The zero-order valence-corrected chi connectivity index (χ0v) is 22.5. The Kier molecular flexibility index (Phi) is 7.23. The Hall–Kier alpha value is -1.56. The van der Waals surface area contributed by atoms with E-state index in [4.69, 9.17) is 5.73 Å². The Morgan fingerprint density at radius 2 is 1.55 bits per heavy atom. The summed E-state index contributed by atoms with van der Waals surface area (Å²) in [7, 11) is 4.20. The van der Waals surface area contributed by atoms with Gasteiger partial charge in [-0.15, -0.1) is 0 Å². The zero-order chi connectivity index (χ0) is 27.8. The van der Waals surface area contributed by atoms with Crippen molar-refractivity contribution in [1.29, 1.82) is 0 Å². The quantitative estimate of drug-likeness (QED) is 0.238. The lowest BCUT2D eigenvalue weighted by atomic mass is 9.44. The van der Waals surface area contributed by atoms with Crippen LogP contribution in [0.1, 0.15) is 51.9 Å². The number of amides is 1. The maximum Gasteiger partial charge on any atom is 0.255 e. The molecule has 38 heavy (non-hydrogen) atoms. The van der Waals surface area contributed by atoms with Gasteiger partial charge in [-0.25, -0.2) is 0 Å². The molecule has 0 bridgehead atoms. The molecule has 0 aromatic heterocycles. The summed E-state index contributed by atoms with van der Waals surface area (Å²) in [6, 6.07) is 0.540. The molecule has 0 radical (unpaired) electrons. The zero-order valence-electron chi connectivity index (χ0n) is 22.5. The van der Waals surface area contributed by atoms with Gasteiger partial charge in [0.15, 0.2) is 11.4 Å². The predicted octanol–water partition coefficient (Wildman–Crippen LogP) is -0.294. The van der Waals surface area contributed by atoms with Crippen molar-refractivity contribution in [2.75, 3.05) is 14.1 Å². The fraction of sp³-hybridized carbons (Fsp3) is 0.857. The van der Waals surface area contributed by atoms with E-state index >= 15 is 0 Å². The lowest BCUT2D eigenvalue weighted by molar-refractivity contribution is -0.276. The van der Waals surface area contributed by atoms with E-state index in [0.29, 0.717) is 18.4 Å². The first kappa shape index (κ1) is 28.0. The molecule has 0 aromatic rings. The second-order valence-electron chi connectivity index (χ2n) is 13.1. The van der Waals surface area contributed by atoms with Gasteiger partial charge >= 0.3 is 0 Å². The summed E-state index contributed by atoms with van der Waals surface area (Å²) < 4.78 is 0. The van der Waals surface area contributed by atoms with Crippen LogP contribution in [0.2, 0.25) is 0 Å². The van der Waals surface area contributed by atoms with Crippen molar-refractivity contribution in [2.45, 2.75) is 87.9 Å². The summed E-state index contributed by atoms with van der Waals surface area (Å²) >= 11 is 0. The number of ketones is 1. The highest BCUT2D eigenvalue weighted by Gasteiger charge is 2.69. The first-order valence-electron chi connectivity index (χ1n) is 14.2. The maximum atomic E-state index is 12.7. The second kappa shape index (κ2) is 9.82. The highest BCUT2D eigenvalue weighted by Crippen LogP contribution is 2.61. The minimum absolute atomic E-state index is 0.103. The third kappa shape index (κ3) is 3.89. The third-order valence-corrected chi connectivity index (χ3v) is 11.4. The average Bonchev–Trinajstić information content (AvgIpc) is 2.86. The normalized spacial score (nSPS) is 51.3. The van der Waals surface area contributed by atoms with E-state index < -0.39 is 83.1 Å². The van der Waals surface area contributed by atoms with Crippen LogP contribution in [0.15, 0.2) is 11.3 Å². The summed E-state index contributed by atoms with van der Waals surface area (Å²) in [5.41, 5.74) is 1.99. The van der Waals surface area contributed by atoms with Crippen LogP contribution in [0, 0.1) is 47.3 Å². The molecular weight excluding hydrogens is 492 g/mol. The first-order valence-corrected chi connectivity index (χ1v) is 14.2. The molecule has 7 unspecified atom stereocenters. The van der Waals surface area contributed by atoms with E-state index in [-0.39, 0.29) is 17.8 Å². The molecular formula is C28H44N2O8. The van der Waals surface area contributed by atoms with Gasteiger partial charge in [0.1, 0.15) is 11.3 Å². The molecule has 5 rings (SSSR count). The van der Waals surface area contributed by atoms with Crippen LogP contribution in [0.4, 0.5) is 0 Å². The molecule has 5 aliphatic carbocycles. The topological polar surface area (TPSA) is 185 Å². The molecule has 5 aliphatic rings. The molecule has 0 aromatic carbocycles. The van der Waals surface area contributed by atoms with Crippen LogP contribution in [0.3, 0.4) is 0 Å². The van der Waals surface area contributed by atoms with Crippen LogP contribution < -0.4 is 5.73 Å². The minimum atomic E-state index is -2.52. The summed E-state index contributed by atoms with van der Waals surface area (Å²) in [5.74, 6) is -6.30. The SMILES string of the molecule is C[C@H]1C2C(C3CCC(N(C)C)CC3)CCC(O)C2C(O)C2C(O)[C@]3(O)C(O)=C(C(N)=O)C(=O)C[C@@H]3[C@@H](O)[C@@H]21. The van der Waals surface area contributed by atoms with Gasteiger partial charge in [0.05, 0.1) is 24.4 Å². The van der Waals surface area contributed by atoms with Gasteiger partial charge in [-0.2, -0.15) is 0 Å². The van der Waals surface area contributed by atoms with Gasteiger partial charge < -0.3 is 41.3 Å². The minimum Gasteiger partial charge on any atom is -0.508 e. The number of primary amides is 1. The summed E-state index contributed by atoms with van der Waals surface area (Å²) in [6.07, 6.45) is 0.0122. The molecule has 10 heteroatoms. The molecule has 1 amide bonds. The highest BCUT2D eigenvalue weighted by molar-refractivity contribution is 6.20. The van der Waals surface area contributed by atoms with Gasteiger partial charge in [-0.3, -0.25) is 9.59 Å². The molecule has 0 spiro atoms. The van der Waals surface area contributed by atoms with Crippen molar-refractivity contribution in [1.82, 2.24) is 4.90 Å². The summed E-state index contributed by atoms with van der Waals surface area (Å²) in [5, 5.41) is 68.5. The van der Waals surface area contributed by atoms with Gasteiger partial charge in [0.2, 0.25) is 0 Å². The van der Waals surface area contributed by atoms with E-state index in [0.717, 1.165) is 32.1 Å². The monoisotopic (exact) mass is 536 g/mol. The fourth-order valence-corrected chi connectivity index (χ4v) is 9.63. The molecule has 8 N–H and O–H groups in total. The van der Waals surface area contributed by atoms with Crippen LogP contribution >= 0.6 is 0 Å². The van der Waals surface area contributed by atoms with E-state index in [2.05, 4.69) is 19.0 Å². The number of aliphatic hydroxyl groups excluding tert-OH is 5. The van der Waals surface area contributed by atoms with Crippen LogP contribution in [0.25, 0.3) is 0 Å². The standard InChI is InChI=1S/C28H44N2O8/c1-11-18-14(12-4-6-13(7-5-12)30(2)3)8-9-16(31)20(18)24(34)22-19(11)23(33)15-10-17(32)21(27(29)37)25(35)28(15,38)26(22)36/h11-16,18-20,22-24,26,31,33-36,38H,4-10H2,1-3H3,(H2,29,37)/t11-,12?,13?,14?,15+,16?,18?,19+,20?,22?,23+,24?,26?,28+/m0/s1. The molecule has 4 saturated carbocycles. The van der Waals surface area contributed by atoms with E-state index in [1.807, 2.05) is 6.92 Å². The lowest BCUT2D eigenvalue weighted by Gasteiger charge is -2.63. The van der Waals surface area contributed by atoms with Gasteiger partial charge in [-0.05, 0) is 82.2 Å². The van der Waals surface area contributed by atoms with E-state index in [1.165, 1.54) is 0 Å². The number of carbonyl (C=O) groups is 2. The van der Waals surface area contributed by atoms with Crippen molar-refractivity contribution in [3.63, 3.8) is 0 Å². The predicted molar refractivity (Wildman–Crippen MR) is 136 cm³/mol. The fourth-order valence-electron chi connectivity index (χ4n) is 9.63. The van der Waals surface area contributed by atoms with E-state index in [1.54, 1.807) is 0 Å². The Morgan fingerprint density at radius 3 is 2.13 bits per heavy atom. The summed E-state index contributed by atoms with van der Waals surface area (Å²) in [4.78, 5) is 26.9. The molecule has 0 saturated heterocycles. The van der Waals surface area contributed by atoms with Crippen LogP contribution in [-0.4, -0.2) is 97.4 Å². The van der Waals surface area contributed by atoms with Gasteiger partial charge in [-0.1, -0.05) is 6.92 Å². The number of aliphatic hydroxyl groups is 6. The number of fused-ring (bicyclic) bond motifs is 3. The number of rotatable bonds is 3. The van der Waals surface area contributed by atoms with Crippen molar-refractivity contribution in [3.05, 3.63) is 11.3 Å². The van der Waals surface area contributed by atoms with Gasteiger partial charge in [0, 0.05) is 30.2 Å². The summed E-state index contributed by atoms with van der Waals surface area (Å²) in [6.45, 7) is 1.98. The number of Topliss-reactive ketones (excluding diaryl/α,β-unsaturated/α-hetero) is 1. The molecule has 214 valence electrons. The van der Waals surface area contributed by atoms with Crippen LogP contribution in [-0.2, 0) is 9.59 Å². The maximum absolute atomic E-state index is 12.7. The van der Waals surface area contributed by atoms with Crippen LogP contribution in [0.5, 0.6) is 0 Å². The largest absolute Gasteiger partial charge is 0.508 e. The smallest absolute Gasteiger partial charge is 0.255 e. The molecule has 4 fully saturated rings. The molecule has 12 atom stereocenters. The highest BCUT2D eigenvalue weighted by atomic mass is 16.4. The molecule has 0 heterocycles. The number of hydrogen-bond donors (Lipinski definition) is 7. The number of carbonyl (C=O) groups excluding carboxylic acids is 2. The Balaban J connectivity index is 1.51. The first-order chi connectivity index (χ1) is 17.8. The van der Waals surface area contributed by atoms with Gasteiger partial charge in [0.25, 0.3) is 5.91 Å². The average molecular weight is 537 g/mol. The number of nitrogens with two attached hydrogens (primary N) is 1. The van der Waals surface area contributed by atoms with Crippen molar-refractivity contribution >= 4 is 11.7 Å². The van der Waals surface area contributed by atoms with E-state index in [9.17, 15) is 40.2 Å².